The van der Waals surface area contributed by atoms with Crippen LogP contribution in [0.5, 0.6) is 0 Å². The van der Waals surface area contributed by atoms with Crippen molar-refractivity contribution in [3.63, 3.8) is 0 Å². The molecule has 0 radical (unpaired) electrons. The van der Waals surface area contributed by atoms with Gasteiger partial charge in [-0.25, -0.2) is 4.99 Å². The molecule has 0 N–H and O–H groups in total. The second kappa shape index (κ2) is 7.35. The summed E-state index contributed by atoms with van der Waals surface area (Å²) in [7, 11) is 1.85. The third-order valence-electron chi connectivity index (χ3n) is 1.79. The monoisotopic (exact) mass is 200 g/mol. The predicted octanol–water partition coefficient (Wildman–Crippen LogP) is 1.66. The molecule has 4 heteroatoms. The van der Waals surface area contributed by atoms with Crippen LogP contribution in [0.2, 0.25) is 0 Å². The molecule has 0 aliphatic carbocycles. The molecule has 0 rings (SSSR count). The Labute approximate surface area is 86.0 Å². The first-order chi connectivity index (χ1) is 6.61. The van der Waals surface area contributed by atoms with Gasteiger partial charge in [0.25, 0.3) is 6.02 Å². The Hall–Kier alpha value is -1.06. The molecule has 0 aliphatic heterocycles. The summed E-state index contributed by atoms with van der Waals surface area (Å²) in [6.07, 6.45) is 2.11. The Kier molecular flexibility index (Phi) is 6.80. The fourth-order valence-electron chi connectivity index (χ4n) is 0.828. The average Bonchev–Trinajstić information content (AvgIpc) is 2.15. The fraction of sp³-hybridized carbons (Fsp3) is 0.800. The van der Waals surface area contributed by atoms with Gasteiger partial charge in [-0.15, -0.1) is 0 Å². The average molecular weight is 200 g/mol. The molecule has 0 amide bonds. The lowest BCUT2D eigenvalue weighted by Crippen LogP contribution is -2.30. The standard InChI is InChI=1S/C10H20N2O2/c1-5-7-8-11-10(12(4)6-2)14-9(3)13/h5-8H2,1-4H3. The van der Waals surface area contributed by atoms with Crippen LogP contribution in [0, 0.1) is 0 Å². The smallest absolute Gasteiger partial charge is 0.310 e. The molecule has 0 fully saturated rings. The number of rotatable bonds is 4. The lowest BCUT2D eigenvalue weighted by Gasteiger charge is -2.17. The van der Waals surface area contributed by atoms with Crippen LogP contribution < -0.4 is 0 Å². The lowest BCUT2D eigenvalue weighted by atomic mass is 10.3. The first-order valence-corrected chi connectivity index (χ1v) is 5.05. The highest BCUT2D eigenvalue weighted by molar-refractivity contribution is 5.86. The maximum atomic E-state index is 10.8. The predicted molar refractivity (Wildman–Crippen MR) is 57.3 cm³/mol. The Balaban J connectivity index is 4.22. The van der Waals surface area contributed by atoms with Crippen LogP contribution in [-0.2, 0) is 9.53 Å². The van der Waals surface area contributed by atoms with Gasteiger partial charge in [-0.2, -0.15) is 0 Å². The van der Waals surface area contributed by atoms with Gasteiger partial charge < -0.3 is 9.64 Å². The number of ether oxygens (including phenoxy) is 1. The van der Waals surface area contributed by atoms with Crippen LogP contribution in [0.25, 0.3) is 0 Å². The Morgan fingerprint density at radius 3 is 2.50 bits per heavy atom. The molecular formula is C10H20N2O2. The molecule has 82 valence electrons. The van der Waals surface area contributed by atoms with E-state index in [1.54, 1.807) is 0 Å². The topological polar surface area (TPSA) is 41.9 Å². The molecule has 14 heavy (non-hydrogen) atoms. The minimum absolute atomic E-state index is 0.319. The maximum absolute atomic E-state index is 10.8. The van der Waals surface area contributed by atoms with Crippen molar-refractivity contribution >= 4 is 12.0 Å². The van der Waals surface area contributed by atoms with Gasteiger partial charge in [0, 0.05) is 27.1 Å². The summed E-state index contributed by atoms with van der Waals surface area (Å²) in [6.45, 7) is 6.96. The maximum Gasteiger partial charge on any atom is 0.310 e. The van der Waals surface area contributed by atoms with E-state index < -0.39 is 0 Å². The number of unbranched alkanes of at least 4 members (excludes halogenated alkanes) is 1. The molecule has 0 unspecified atom stereocenters. The van der Waals surface area contributed by atoms with Crippen LogP contribution in [0.3, 0.4) is 0 Å². The number of carbonyl (C=O) groups is 1. The Morgan fingerprint density at radius 1 is 1.43 bits per heavy atom. The van der Waals surface area contributed by atoms with Crippen molar-refractivity contribution < 1.29 is 9.53 Å². The van der Waals surface area contributed by atoms with Crippen molar-refractivity contribution in [3.8, 4) is 0 Å². The molecule has 4 nitrogen and oxygen atoms in total. The summed E-state index contributed by atoms with van der Waals surface area (Å²) in [5.74, 6) is -0.319. The molecule has 0 aromatic rings. The zero-order valence-electron chi connectivity index (χ0n) is 9.54. The van der Waals surface area contributed by atoms with Gasteiger partial charge in [-0.05, 0) is 13.3 Å². The largest absolute Gasteiger partial charge is 0.393 e. The summed E-state index contributed by atoms with van der Waals surface area (Å²) in [6, 6.07) is 0.424. The van der Waals surface area contributed by atoms with E-state index in [1.165, 1.54) is 6.92 Å². The lowest BCUT2D eigenvalue weighted by molar-refractivity contribution is -0.133. The van der Waals surface area contributed by atoms with E-state index in [4.69, 9.17) is 4.74 Å². The molecular weight excluding hydrogens is 180 g/mol. The molecule has 0 aromatic heterocycles. The van der Waals surface area contributed by atoms with E-state index in [2.05, 4.69) is 11.9 Å². The van der Waals surface area contributed by atoms with Gasteiger partial charge in [-0.3, -0.25) is 4.79 Å². The van der Waals surface area contributed by atoms with Gasteiger partial charge in [0.15, 0.2) is 0 Å². The zero-order valence-corrected chi connectivity index (χ0v) is 9.54. The van der Waals surface area contributed by atoms with Gasteiger partial charge >= 0.3 is 5.97 Å². The SMILES string of the molecule is CCCCN=C(OC(C)=O)N(C)CC. The molecule has 0 bridgehead atoms. The Morgan fingerprint density at radius 2 is 2.07 bits per heavy atom. The molecule has 0 aromatic carbocycles. The molecule has 0 saturated carbocycles. The van der Waals surface area contributed by atoms with Gasteiger partial charge in [0.1, 0.15) is 0 Å². The number of esters is 1. The minimum atomic E-state index is -0.319. The van der Waals surface area contributed by atoms with E-state index in [-0.39, 0.29) is 5.97 Å². The molecule has 0 saturated heterocycles. The third-order valence-corrected chi connectivity index (χ3v) is 1.79. The van der Waals surface area contributed by atoms with Crippen LogP contribution in [0.15, 0.2) is 4.99 Å². The third kappa shape index (κ3) is 5.56. The minimum Gasteiger partial charge on any atom is -0.393 e. The normalized spacial score (nSPS) is 11.3. The van der Waals surface area contributed by atoms with Crippen molar-refractivity contribution in [2.75, 3.05) is 20.1 Å². The number of amidine groups is 1. The second-order valence-electron chi connectivity index (χ2n) is 3.13. The number of hydrogen-bond acceptors (Lipinski definition) is 3. The van der Waals surface area contributed by atoms with Crippen LogP contribution in [0.1, 0.15) is 33.6 Å². The van der Waals surface area contributed by atoms with Gasteiger partial charge in [0.05, 0.1) is 0 Å². The Bertz CT molecular complexity index is 202. The van der Waals surface area contributed by atoms with Crippen molar-refractivity contribution in [1.29, 1.82) is 0 Å². The van der Waals surface area contributed by atoms with E-state index >= 15 is 0 Å². The highest BCUT2D eigenvalue weighted by Gasteiger charge is 2.07. The summed E-state index contributed by atoms with van der Waals surface area (Å²) in [4.78, 5) is 16.8. The van der Waals surface area contributed by atoms with E-state index in [0.29, 0.717) is 12.6 Å². The summed E-state index contributed by atoms with van der Waals surface area (Å²) < 4.78 is 4.99. The van der Waals surface area contributed by atoms with Crippen LogP contribution >= 0.6 is 0 Å². The first-order valence-electron chi connectivity index (χ1n) is 5.05. The highest BCUT2D eigenvalue weighted by Crippen LogP contribution is 1.95. The summed E-state index contributed by atoms with van der Waals surface area (Å²) in [5.41, 5.74) is 0. The second-order valence-corrected chi connectivity index (χ2v) is 3.13. The van der Waals surface area contributed by atoms with Crippen LogP contribution in [-0.4, -0.2) is 37.0 Å². The van der Waals surface area contributed by atoms with Crippen molar-refractivity contribution in [2.45, 2.75) is 33.6 Å². The van der Waals surface area contributed by atoms with Crippen molar-refractivity contribution in [3.05, 3.63) is 0 Å². The van der Waals surface area contributed by atoms with E-state index in [0.717, 1.165) is 19.4 Å². The van der Waals surface area contributed by atoms with Gasteiger partial charge in [-0.1, -0.05) is 13.3 Å². The number of carbonyl (C=O) groups excluding carboxylic acids is 1. The number of nitrogens with zero attached hydrogens (tertiary/aromatic N) is 2. The number of aliphatic imine (C=N–C) groups is 1. The summed E-state index contributed by atoms with van der Waals surface area (Å²) >= 11 is 0. The van der Waals surface area contributed by atoms with E-state index in [1.807, 2.05) is 18.9 Å². The van der Waals surface area contributed by atoms with Gasteiger partial charge in [0.2, 0.25) is 0 Å². The quantitative estimate of drug-likeness (QED) is 0.300. The number of hydrogen-bond donors (Lipinski definition) is 0. The first kappa shape index (κ1) is 12.9. The van der Waals surface area contributed by atoms with E-state index in [9.17, 15) is 4.79 Å². The highest BCUT2D eigenvalue weighted by atomic mass is 16.6. The molecule has 0 spiro atoms. The molecule has 0 aliphatic rings. The van der Waals surface area contributed by atoms with Crippen molar-refractivity contribution in [1.82, 2.24) is 4.90 Å². The molecule has 0 atom stereocenters. The molecule has 0 heterocycles. The zero-order chi connectivity index (χ0) is 11.0. The van der Waals surface area contributed by atoms with Crippen LogP contribution in [0.4, 0.5) is 0 Å². The summed E-state index contributed by atoms with van der Waals surface area (Å²) in [5, 5.41) is 0. The van der Waals surface area contributed by atoms with Crippen molar-refractivity contribution in [2.24, 2.45) is 4.99 Å². The fourth-order valence-corrected chi connectivity index (χ4v) is 0.828.